The number of methoxy groups -OCH3 is 1. The number of ether oxygens (including phenoxy) is 2. The summed E-state index contributed by atoms with van der Waals surface area (Å²) in [7, 11) is 1.26. The van der Waals surface area contributed by atoms with Gasteiger partial charge in [-0.1, -0.05) is 0 Å². The van der Waals surface area contributed by atoms with Crippen LogP contribution >= 0.6 is 0 Å². The first kappa shape index (κ1) is 12.8. The van der Waals surface area contributed by atoms with Crippen molar-refractivity contribution >= 4 is 23.9 Å². The van der Waals surface area contributed by atoms with Crippen LogP contribution in [-0.4, -0.2) is 25.7 Å². The minimum Gasteiger partial charge on any atom is -0.466 e. The summed E-state index contributed by atoms with van der Waals surface area (Å²) >= 11 is 0. The van der Waals surface area contributed by atoms with Gasteiger partial charge in [-0.2, -0.15) is 0 Å². The maximum Gasteiger partial charge on any atom is 0.343 e. The molecule has 0 spiro atoms. The summed E-state index contributed by atoms with van der Waals surface area (Å²) in [6.45, 7) is 1.93. The number of anilines is 1. The van der Waals surface area contributed by atoms with Crippen LogP contribution in [0.1, 0.15) is 23.0 Å². The quantitative estimate of drug-likeness (QED) is 0.627. The second-order valence-corrected chi connectivity index (χ2v) is 3.00. The first-order valence-corrected chi connectivity index (χ1v) is 4.91. The summed E-state index contributed by atoms with van der Waals surface area (Å²) < 4.78 is 14.2. The van der Waals surface area contributed by atoms with Gasteiger partial charge in [-0.05, 0) is 13.0 Å². The molecule has 0 aliphatic heterocycles. The molecule has 92 valence electrons. The summed E-state index contributed by atoms with van der Waals surface area (Å²) in [5.74, 6) is -0.868. The van der Waals surface area contributed by atoms with E-state index in [-0.39, 0.29) is 23.8 Å². The van der Waals surface area contributed by atoms with Gasteiger partial charge in [0, 0.05) is 12.1 Å². The molecule has 0 aliphatic rings. The van der Waals surface area contributed by atoms with Gasteiger partial charge in [0.15, 0.2) is 0 Å². The molecular formula is C11H13NO5. The van der Waals surface area contributed by atoms with E-state index in [1.165, 1.54) is 19.3 Å². The molecule has 0 saturated carbocycles. The summed E-state index contributed by atoms with van der Waals surface area (Å²) in [4.78, 5) is 22.2. The topological polar surface area (TPSA) is 91.8 Å². The van der Waals surface area contributed by atoms with Crippen molar-refractivity contribution in [1.82, 2.24) is 0 Å². The minimum absolute atomic E-state index is 0.0482. The fourth-order valence-corrected chi connectivity index (χ4v) is 1.09. The van der Waals surface area contributed by atoms with Gasteiger partial charge in [-0.15, -0.1) is 0 Å². The molecule has 1 aromatic rings. The van der Waals surface area contributed by atoms with Crippen LogP contribution in [0, 0.1) is 0 Å². The molecule has 6 heteroatoms. The zero-order valence-electron chi connectivity index (χ0n) is 9.56. The zero-order valence-corrected chi connectivity index (χ0v) is 9.56. The Bertz CT molecular complexity index is 447. The first-order chi connectivity index (χ1) is 8.08. The van der Waals surface area contributed by atoms with Gasteiger partial charge in [0.1, 0.15) is 11.3 Å². The molecule has 0 bridgehead atoms. The van der Waals surface area contributed by atoms with Crippen LogP contribution < -0.4 is 5.73 Å². The van der Waals surface area contributed by atoms with Crippen molar-refractivity contribution in [1.29, 1.82) is 0 Å². The fourth-order valence-electron chi connectivity index (χ4n) is 1.09. The fraction of sp³-hybridized carbons (Fsp3) is 0.273. The Morgan fingerprint density at radius 2 is 2.24 bits per heavy atom. The first-order valence-electron chi connectivity index (χ1n) is 4.91. The Morgan fingerprint density at radius 3 is 2.82 bits per heavy atom. The van der Waals surface area contributed by atoms with Crippen LogP contribution in [0.15, 0.2) is 16.6 Å². The molecule has 0 fully saturated rings. The van der Waals surface area contributed by atoms with Gasteiger partial charge in [-0.25, -0.2) is 9.59 Å². The number of esters is 2. The van der Waals surface area contributed by atoms with E-state index >= 15 is 0 Å². The monoisotopic (exact) mass is 239 g/mol. The Hall–Kier alpha value is -2.24. The summed E-state index contributed by atoms with van der Waals surface area (Å²) in [6, 6.07) is 1.40. The highest BCUT2D eigenvalue weighted by atomic mass is 16.5. The van der Waals surface area contributed by atoms with E-state index in [4.69, 9.17) is 14.9 Å². The summed E-state index contributed by atoms with van der Waals surface area (Å²) in [6.07, 6.45) is 2.51. The molecule has 0 aromatic carbocycles. The smallest absolute Gasteiger partial charge is 0.343 e. The Labute approximate surface area is 98.0 Å². The lowest BCUT2D eigenvalue weighted by atomic mass is 10.3. The van der Waals surface area contributed by atoms with E-state index in [0.717, 1.165) is 6.08 Å². The number of nitrogens with two attached hydrogens (primary N) is 1. The Morgan fingerprint density at radius 1 is 1.53 bits per heavy atom. The van der Waals surface area contributed by atoms with E-state index in [9.17, 15) is 9.59 Å². The zero-order chi connectivity index (χ0) is 12.8. The molecule has 6 nitrogen and oxygen atoms in total. The van der Waals surface area contributed by atoms with Gasteiger partial charge < -0.3 is 19.6 Å². The molecular weight excluding hydrogens is 226 g/mol. The lowest BCUT2D eigenvalue weighted by Crippen LogP contribution is -2.05. The number of hydrogen-bond donors (Lipinski definition) is 1. The third-order valence-corrected chi connectivity index (χ3v) is 1.86. The van der Waals surface area contributed by atoms with Crippen LogP contribution in [0.25, 0.3) is 6.08 Å². The van der Waals surface area contributed by atoms with Crippen LogP contribution in [0.5, 0.6) is 0 Å². The van der Waals surface area contributed by atoms with Gasteiger partial charge in [-0.3, -0.25) is 0 Å². The third kappa shape index (κ3) is 3.37. The lowest BCUT2D eigenvalue weighted by molar-refractivity contribution is -0.134. The summed E-state index contributed by atoms with van der Waals surface area (Å²) in [5.41, 5.74) is 5.63. The summed E-state index contributed by atoms with van der Waals surface area (Å²) in [5, 5.41) is 0. The van der Waals surface area contributed by atoms with Crippen LogP contribution in [0.4, 0.5) is 5.88 Å². The maximum absolute atomic E-state index is 11.4. The van der Waals surface area contributed by atoms with Gasteiger partial charge in [0.05, 0.1) is 13.7 Å². The van der Waals surface area contributed by atoms with Gasteiger partial charge in [0.25, 0.3) is 0 Å². The van der Waals surface area contributed by atoms with Crippen molar-refractivity contribution < 1.29 is 23.5 Å². The number of furan rings is 1. The van der Waals surface area contributed by atoms with Crippen molar-refractivity contribution in [2.45, 2.75) is 6.92 Å². The molecule has 0 saturated heterocycles. The minimum atomic E-state index is -0.563. The molecule has 0 amide bonds. The molecule has 0 atom stereocenters. The second kappa shape index (κ2) is 5.74. The molecule has 1 aromatic heterocycles. The normalized spacial score (nSPS) is 10.5. The van der Waals surface area contributed by atoms with E-state index in [2.05, 4.69) is 4.74 Å². The van der Waals surface area contributed by atoms with E-state index in [1.807, 2.05) is 0 Å². The highest BCUT2D eigenvalue weighted by Gasteiger charge is 2.15. The van der Waals surface area contributed by atoms with Crippen molar-refractivity contribution in [2.24, 2.45) is 0 Å². The molecule has 0 aliphatic carbocycles. The maximum atomic E-state index is 11.4. The number of rotatable bonds is 4. The number of carbonyl (C=O) groups excluding carboxylic acids is 2. The predicted octanol–water partition coefficient (Wildman–Crippen LogP) is 1.22. The average Bonchev–Trinajstić information content (AvgIpc) is 2.68. The van der Waals surface area contributed by atoms with Crippen LogP contribution in [0.2, 0.25) is 0 Å². The Balaban J connectivity index is 2.85. The third-order valence-electron chi connectivity index (χ3n) is 1.86. The number of carbonyl (C=O) groups is 2. The Kier molecular flexibility index (Phi) is 4.33. The molecule has 1 rings (SSSR count). The lowest BCUT2D eigenvalue weighted by Gasteiger charge is -1.97. The molecule has 0 radical (unpaired) electrons. The SMILES string of the molecule is CCOC(=O)c1cc(/C=C/C(=O)OC)oc1N. The van der Waals surface area contributed by atoms with E-state index < -0.39 is 11.9 Å². The van der Waals surface area contributed by atoms with Crippen molar-refractivity contribution in [2.75, 3.05) is 19.5 Å². The van der Waals surface area contributed by atoms with E-state index in [0.29, 0.717) is 0 Å². The second-order valence-electron chi connectivity index (χ2n) is 3.00. The van der Waals surface area contributed by atoms with Crippen molar-refractivity contribution in [3.8, 4) is 0 Å². The largest absolute Gasteiger partial charge is 0.466 e. The van der Waals surface area contributed by atoms with Crippen molar-refractivity contribution in [3.63, 3.8) is 0 Å². The van der Waals surface area contributed by atoms with Crippen LogP contribution in [-0.2, 0) is 14.3 Å². The number of nitrogen functional groups attached to an aromatic ring is 1. The standard InChI is InChI=1S/C11H13NO5/c1-3-16-11(14)8-6-7(17-10(8)12)4-5-9(13)15-2/h4-6H,3,12H2,1-2H3/b5-4+. The predicted molar refractivity (Wildman–Crippen MR) is 60.1 cm³/mol. The average molecular weight is 239 g/mol. The van der Waals surface area contributed by atoms with Gasteiger partial charge in [0.2, 0.25) is 5.88 Å². The highest BCUT2D eigenvalue weighted by Crippen LogP contribution is 2.19. The number of hydrogen-bond acceptors (Lipinski definition) is 6. The van der Waals surface area contributed by atoms with Crippen LogP contribution in [0.3, 0.4) is 0 Å². The molecule has 2 N–H and O–H groups in total. The van der Waals surface area contributed by atoms with Crippen molar-refractivity contribution in [3.05, 3.63) is 23.5 Å². The molecule has 17 heavy (non-hydrogen) atoms. The molecule has 0 unspecified atom stereocenters. The molecule has 1 heterocycles. The van der Waals surface area contributed by atoms with E-state index in [1.54, 1.807) is 6.92 Å². The highest BCUT2D eigenvalue weighted by molar-refractivity contribution is 5.95. The van der Waals surface area contributed by atoms with Gasteiger partial charge >= 0.3 is 11.9 Å².